The lowest BCUT2D eigenvalue weighted by molar-refractivity contribution is 0.511. The number of benzene rings is 2. The largest absolute Gasteiger partial charge is 0.368 e. The lowest BCUT2D eigenvalue weighted by atomic mass is 10.0. The highest BCUT2D eigenvalue weighted by Crippen LogP contribution is 2.34. The van der Waals surface area contributed by atoms with Crippen LogP contribution in [0.3, 0.4) is 0 Å². The standard InChI is InChI=1S/C20H19F2N5O2S/c1-10(2)30(28,29)27-16-9-12(7-8-15(16)26-20(27)23)18-19(25-11(3)24-18)13-5-4-6-14(21)17(13)22/h4-10H,1-3H3,(H2,23,26)(H,24,25). The van der Waals surface area contributed by atoms with E-state index >= 15 is 0 Å². The van der Waals surface area contributed by atoms with E-state index in [2.05, 4.69) is 15.0 Å². The first kappa shape index (κ1) is 20.0. The number of imidazole rings is 2. The fraction of sp³-hybridized carbons (Fsp3) is 0.200. The van der Waals surface area contributed by atoms with Crippen LogP contribution in [0.25, 0.3) is 33.5 Å². The number of nitrogens with zero attached hydrogens (tertiary/aromatic N) is 3. The molecule has 0 aliphatic rings. The van der Waals surface area contributed by atoms with Crippen molar-refractivity contribution in [2.24, 2.45) is 0 Å². The number of aromatic amines is 1. The summed E-state index contributed by atoms with van der Waals surface area (Å²) >= 11 is 0. The van der Waals surface area contributed by atoms with Crippen LogP contribution in [0.5, 0.6) is 0 Å². The predicted molar refractivity (Wildman–Crippen MR) is 111 cm³/mol. The summed E-state index contributed by atoms with van der Waals surface area (Å²) in [5.74, 6) is -1.65. The molecule has 0 aliphatic heterocycles. The van der Waals surface area contributed by atoms with Crippen molar-refractivity contribution in [2.45, 2.75) is 26.0 Å². The minimum atomic E-state index is -3.77. The fourth-order valence-corrected chi connectivity index (χ4v) is 4.43. The Bertz CT molecular complexity index is 1390. The van der Waals surface area contributed by atoms with E-state index in [0.717, 1.165) is 10.0 Å². The Morgan fingerprint density at radius 1 is 1.13 bits per heavy atom. The van der Waals surface area contributed by atoms with Crippen LogP contribution in [0.1, 0.15) is 19.7 Å². The van der Waals surface area contributed by atoms with Gasteiger partial charge in [0.15, 0.2) is 11.6 Å². The molecule has 10 heteroatoms. The highest BCUT2D eigenvalue weighted by atomic mass is 32.2. The van der Waals surface area contributed by atoms with Crippen LogP contribution in [0.15, 0.2) is 36.4 Å². The first-order valence-corrected chi connectivity index (χ1v) is 10.6. The SMILES string of the molecule is Cc1nc(-c2cccc(F)c2F)c(-c2ccc3nc(N)n(S(=O)(=O)C(C)C)c3c2)[nH]1. The molecule has 0 bridgehead atoms. The second-order valence-corrected chi connectivity index (χ2v) is 9.52. The molecule has 0 unspecified atom stereocenters. The van der Waals surface area contributed by atoms with E-state index in [0.29, 0.717) is 22.6 Å². The maximum Gasteiger partial charge on any atom is 0.244 e. The molecule has 156 valence electrons. The zero-order chi connectivity index (χ0) is 21.8. The van der Waals surface area contributed by atoms with Gasteiger partial charge in [-0.15, -0.1) is 0 Å². The van der Waals surface area contributed by atoms with Crippen molar-refractivity contribution in [3.8, 4) is 22.5 Å². The molecule has 4 rings (SSSR count). The van der Waals surface area contributed by atoms with Gasteiger partial charge in [-0.1, -0.05) is 12.1 Å². The lowest BCUT2D eigenvalue weighted by Gasteiger charge is -2.11. The molecule has 7 nitrogen and oxygen atoms in total. The van der Waals surface area contributed by atoms with E-state index in [-0.39, 0.29) is 22.7 Å². The molecule has 0 spiro atoms. The van der Waals surface area contributed by atoms with Gasteiger partial charge in [-0.25, -0.2) is 31.1 Å². The first-order chi connectivity index (χ1) is 14.1. The van der Waals surface area contributed by atoms with Crippen LogP contribution in [0.2, 0.25) is 0 Å². The first-order valence-electron chi connectivity index (χ1n) is 9.15. The number of nitrogens with two attached hydrogens (primary N) is 1. The molecule has 0 aliphatic carbocycles. The molecule has 0 amide bonds. The van der Waals surface area contributed by atoms with Gasteiger partial charge < -0.3 is 10.7 Å². The minimum Gasteiger partial charge on any atom is -0.368 e. The number of H-pyrrole nitrogens is 1. The van der Waals surface area contributed by atoms with Gasteiger partial charge in [0.05, 0.1) is 27.7 Å². The van der Waals surface area contributed by atoms with E-state index in [1.165, 1.54) is 12.1 Å². The average Bonchev–Trinajstić information content (AvgIpc) is 3.22. The fourth-order valence-electron chi connectivity index (χ4n) is 3.29. The Kier molecular flexibility index (Phi) is 4.61. The molecular formula is C20H19F2N5O2S. The third-order valence-corrected chi connectivity index (χ3v) is 6.89. The number of hydrogen-bond acceptors (Lipinski definition) is 5. The molecule has 0 atom stereocenters. The van der Waals surface area contributed by atoms with Crippen molar-refractivity contribution < 1.29 is 17.2 Å². The lowest BCUT2D eigenvalue weighted by Crippen LogP contribution is -2.23. The molecule has 0 saturated carbocycles. The number of aromatic nitrogens is 4. The topological polar surface area (TPSA) is 107 Å². The number of fused-ring (bicyclic) bond motifs is 1. The zero-order valence-electron chi connectivity index (χ0n) is 16.4. The summed E-state index contributed by atoms with van der Waals surface area (Å²) in [4.78, 5) is 11.5. The van der Waals surface area contributed by atoms with Crippen molar-refractivity contribution in [1.82, 2.24) is 18.9 Å². The van der Waals surface area contributed by atoms with Crippen LogP contribution in [-0.4, -0.2) is 32.6 Å². The quantitative estimate of drug-likeness (QED) is 0.510. The summed E-state index contributed by atoms with van der Waals surface area (Å²) in [7, 11) is -3.77. The molecule has 3 N–H and O–H groups in total. The summed E-state index contributed by atoms with van der Waals surface area (Å²) in [6, 6.07) is 8.76. The van der Waals surface area contributed by atoms with Gasteiger partial charge in [-0.2, -0.15) is 0 Å². The summed E-state index contributed by atoms with van der Waals surface area (Å²) in [6.45, 7) is 4.79. The normalized spacial score (nSPS) is 12.2. The van der Waals surface area contributed by atoms with Crippen molar-refractivity contribution in [1.29, 1.82) is 0 Å². The third kappa shape index (κ3) is 3.04. The van der Waals surface area contributed by atoms with E-state index in [1.807, 2.05) is 0 Å². The van der Waals surface area contributed by atoms with Crippen molar-refractivity contribution >= 4 is 27.0 Å². The summed E-state index contributed by atoms with van der Waals surface area (Å²) in [5.41, 5.74) is 7.74. The molecule has 2 aromatic heterocycles. The van der Waals surface area contributed by atoms with Gasteiger partial charge in [0.25, 0.3) is 0 Å². The van der Waals surface area contributed by atoms with Crippen LogP contribution < -0.4 is 5.73 Å². The molecule has 4 aromatic rings. The molecule has 2 aromatic carbocycles. The average molecular weight is 431 g/mol. The van der Waals surface area contributed by atoms with Gasteiger partial charge in [0.2, 0.25) is 16.0 Å². The highest BCUT2D eigenvalue weighted by Gasteiger charge is 2.25. The van der Waals surface area contributed by atoms with E-state index < -0.39 is 26.9 Å². The number of nitrogen functional groups attached to an aromatic ring is 1. The van der Waals surface area contributed by atoms with Crippen LogP contribution in [0.4, 0.5) is 14.7 Å². The number of anilines is 1. The van der Waals surface area contributed by atoms with Crippen LogP contribution >= 0.6 is 0 Å². The second-order valence-electron chi connectivity index (χ2n) is 7.18. The second kappa shape index (κ2) is 6.91. The van der Waals surface area contributed by atoms with Gasteiger partial charge in [0.1, 0.15) is 5.82 Å². The molecule has 2 heterocycles. The summed E-state index contributed by atoms with van der Waals surface area (Å²) < 4.78 is 54.8. The Morgan fingerprint density at radius 2 is 1.87 bits per heavy atom. The maximum atomic E-state index is 14.4. The molecule has 0 saturated heterocycles. The molecule has 30 heavy (non-hydrogen) atoms. The Labute approximate surface area is 171 Å². The van der Waals surface area contributed by atoms with Gasteiger partial charge in [-0.3, -0.25) is 0 Å². The number of hydrogen-bond donors (Lipinski definition) is 2. The van der Waals surface area contributed by atoms with E-state index in [1.54, 1.807) is 39.0 Å². The predicted octanol–water partition coefficient (Wildman–Crippen LogP) is 3.85. The Balaban J connectivity index is 1.97. The van der Waals surface area contributed by atoms with Crippen molar-refractivity contribution in [3.05, 3.63) is 53.9 Å². The Hall–Kier alpha value is -3.27. The van der Waals surface area contributed by atoms with Gasteiger partial charge in [0, 0.05) is 11.1 Å². The third-order valence-electron chi connectivity index (χ3n) is 4.81. The number of halogens is 2. The van der Waals surface area contributed by atoms with Gasteiger partial charge in [-0.05, 0) is 45.0 Å². The minimum absolute atomic E-state index is 0.00253. The highest BCUT2D eigenvalue weighted by molar-refractivity contribution is 7.90. The molecule has 0 fully saturated rings. The van der Waals surface area contributed by atoms with Crippen LogP contribution in [0, 0.1) is 18.6 Å². The summed E-state index contributed by atoms with van der Waals surface area (Å²) in [5, 5.41) is -0.716. The molecule has 0 radical (unpaired) electrons. The number of nitrogens with one attached hydrogen (secondary N) is 1. The number of rotatable bonds is 4. The van der Waals surface area contributed by atoms with E-state index in [9.17, 15) is 17.2 Å². The van der Waals surface area contributed by atoms with Crippen LogP contribution in [-0.2, 0) is 10.0 Å². The monoisotopic (exact) mass is 431 g/mol. The smallest absolute Gasteiger partial charge is 0.244 e. The van der Waals surface area contributed by atoms with E-state index in [4.69, 9.17) is 5.73 Å². The Morgan fingerprint density at radius 3 is 2.57 bits per heavy atom. The summed E-state index contributed by atoms with van der Waals surface area (Å²) in [6.07, 6.45) is 0. The van der Waals surface area contributed by atoms with Gasteiger partial charge >= 0.3 is 0 Å². The maximum absolute atomic E-state index is 14.4. The number of aryl methyl sites for hydroxylation is 1. The van der Waals surface area contributed by atoms with Crippen molar-refractivity contribution in [3.63, 3.8) is 0 Å². The van der Waals surface area contributed by atoms with Crippen molar-refractivity contribution in [2.75, 3.05) is 5.73 Å². The zero-order valence-corrected chi connectivity index (χ0v) is 17.3. The molecular weight excluding hydrogens is 412 g/mol.